The first-order valence-corrected chi connectivity index (χ1v) is 10.8. The molecule has 1 aromatic heterocycles. The van der Waals surface area contributed by atoms with Gasteiger partial charge in [-0.05, 0) is 43.2 Å². The normalized spacial score (nSPS) is 27.0. The number of benzene rings is 2. The SMILES string of the molecule is [2H]C([2H])([2H])N1C(=O)c2cccc(OC(F)F)c2[C@H]2C[C@@H]1c1nc3ccc(C#CC4CC(N)C4)cc3n12. The van der Waals surface area contributed by atoms with E-state index in [-0.39, 0.29) is 35.3 Å². The molecule has 2 N–H and O–H groups in total. The highest BCUT2D eigenvalue weighted by Crippen LogP contribution is 2.49. The number of ether oxygens (including phenoxy) is 1. The molecule has 3 aromatic rings. The van der Waals surface area contributed by atoms with Gasteiger partial charge < -0.3 is 19.9 Å². The molecular formula is C25H22F2N4O2. The minimum atomic E-state index is -3.11. The number of imidazole rings is 1. The summed E-state index contributed by atoms with van der Waals surface area (Å²) in [6.45, 7) is -5.87. The minimum absolute atomic E-state index is 0.0292. The van der Waals surface area contributed by atoms with Crippen molar-refractivity contribution in [3.63, 3.8) is 0 Å². The fourth-order valence-corrected chi connectivity index (χ4v) is 5.15. The van der Waals surface area contributed by atoms with Crippen LogP contribution in [0.5, 0.6) is 5.75 Å². The zero-order chi connectivity index (χ0) is 25.4. The monoisotopic (exact) mass is 451 g/mol. The van der Waals surface area contributed by atoms with E-state index in [2.05, 4.69) is 16.8 Å². The Kier molecular flexibility index (Phi) is 3.77. The average Bonchev–Trinajstić information content (AvgIpc) is 3.27. The molecule has 1 aliphatic carbocycles. The zero-order valence-corrected chi connectivity index (χ0v) is 17.5. The molecule has 0 unspecified atom stereocenters. The second-order valence-electron chi connectivity index (χ2n) is 8.78. The van der Waals surface area contributed by atoms with Gasteiger partial charge in [-0.1, -0.05) is 17.9 Å². The van der Waals surface area contributed by atoms with Crippen LogP contribution in [-0.2, 0) is 0 Å². The van der Waals surface area contributed by atoms with E-state index < -0.39 is 31.6 Å². The van der Waals surface area contributed by atoms with Crippen molar-refractivity contribution in [3.05, 3.63) is 58.9 Å². The molecular weight excluding hydrogens is 426 g/mol. The first-order valence-electron chi connectivity index (χ1n) is 12.3. The molecule has 6 nitrogen and oxygen atoms in total. The van der Waals surface area contributed by atoms with Crippen LogP contribution in [0.1, 0.15) is 62.8 Å². The highest BCUT2D eigenvalue weighted by atomic mass is 19.3. The van der Waals surface area contributed by atoms with Gasteiger partial charge in [0.2, 0.25) is 0 Å². The zero-order valence-electron chi connectivity index (χ0n) is 20.5. The Balaban J connectivity index is 1.55. The highest BCUT2D eigenvalue weighted by molar-refractivity contribution is 5.97. The van der Waals surface area contributed by atoms with E-state index in [1.807, 2.05) is 16.7 Å². The Morgan fingerprint density at radius 3 is 2.85 bits per heavy atom. The number of nitrogens with zero attached hydrogens (tertiary/aromatic N) is 3. The standard InChI is InChI=1S/C25H22F2N4O2/c1-30-20-12-19(22-16(24(30)32)3-2-4-21(22)33-25(26)27)31-18-11-13(5-6-14-9-15(28)10-14)7-8-17(18)29-23(20)31/h2-4,7-8,11,14-15,19-20,25H,9-10,12,28H2,1H3/t14?,15?,19-,20-/m1/s1/i1D3. The number of aromatic nitrogens is 2. The maximum Gasteiger partial charge on any atom is 0.387 e. The predicted octanol–water partition coefficient (Wildman–Crippen LogP) is 3.85. The number of nitrogens with two attached hydrogens (primary N) is 1. The summed E-state index contributed by atoms with van der Waals surface area (Å²) < 4.78 is 57.5. The highest BCUT2D eigenvalue weighted by Gasteiger charge is 2.45. The van der Waals surface area contributed by atoms with E-state index in [1.165, 1.54) is 18.2 Å². The summed E-state index contributed by atoms with van der Waals surface area (Å²) in [6, 6.07) is 8.46. The lowest BCUT2D eigenvalue weighted by Gasteiger charge is -2.27. The average molecular weight is 451 g/mol. The van der Waals surface area contributed by atoms with Gasteiger partial charge in [0, 0.05) is 46.2 Å². The molecule has 2 bridgehead atoms. The Morgan fingerprint density at radius 2 is 2.09 bits per heavy atom. The molecule has 0 radical (unpaired) electrons. The number of fused-ring (bicyclic) bond motifs is 9. The molecule has 2 atom stereocenters. The number of rotatable bonds is 2. The Morgan fingerprint density at radius 1 is 1.24 bits per heavy atom. The van der Waals surface area contributed by atoms with Gasteiger partial charge in [0.05, 0.1) is 23.1 Å². The van der Waals surface area contributed by atoms with Crippen LogP contribution in [-0.4, -0.2) is 40.0 Å². The summed E-state index contributed by atoms with van der Waals surface area (Å²) in [5.41, 5.74) is 8.16. The van der Waals surface area contributed by atoms with Crippen molar-refractivity contribution in [2.45, 2.75) is 44.0 Å². The fourth-order valence-electron chi connectivity index (χ4n) is 5.15. The van der Waals surface area contributed by atoms with E-state index in [0.717, 1.165) is 23.3 Å². The van der Waals surface area contributed by atoms with Crippen LogP contribution in [0, 0.1) is 17.8 Å². The molecule has 2 aliphatic heterocycles. The van der Waals surface area contributed by atoms with Crippen molar-refractivity contribution in [1.29, 1.82) is 0 Å². The molecule has 33 heavy (non-hydrogen) atoms. The molecule has 0 saturated heterocycles. The molecule has 2 aromatic carbocycles. The maximum absolute atomic E-state index is 13.5. The number of carbonyl (C=O) groups excluding carboxylic acids is 1. The van der Waals surface area contributed by atoms with Crippen molar-refractivity contribution in [1.82, 2.24) is 14.5 Å². The third-order valence-corrected chi connectivity index (χ3v) is 6.74. The van der Waals surface area contributed by atoms with Gasteiger partial charge in [0.25, 0.3) is 5.91 Å². The van der Waals surface area contributed by atoms with Gasteiger partial charge in [-0.2, -0.15) is 8.78 Å². The van der Waals surface area contributed by atoms with Crippen LogP contribution >= 0.6 is 0 Å². The fraction of sp³-hybridized carbons (Fsp3) is 0.360. The Bertz CT molecular complexity index is 1450. The maximum atomic E-state index is 13.5. The van der Waals surface area contributed by atoms with E-state index in [1.54, 1.807) is 6.07 Å². The second-order valence-corrected chi connectivity index (χ2v) is 8.78. The number of hydrogen-bond acceptors (Lipinski definition) is 4. The smallest absolute Gasteiger partial charge is 0.387 e. The third kappa shape index (κ3) is 3.10. The van der Waals surface area contributed by atoms with Crippen molar-refractivity contribution < 1.29 is 22.4 Å². The topological polar surface area (TPSA) is 73.4 Å². The number of amides is 1. The van der Waals surface area contributed by atoms with E-state index in [0.29, 0.717) is 16.9 Å². The number of hydrogen-bond donors (Lipinski definition) is 1. The Hall–Kier alpha value is -3.44. The van der Waals surface area contributed by atoms with Crippen molar-refractivity contribution in [2.75, 3.05) is 6.98 Å². The molecule has 1 fully saturated rings. The second kappa shape index (κ2) is 7.29. The van der Waals surface area contributed by atoms with E-state index in [9.17, 15) is 13.6 Å². The summed E-state index contributed by atoms with van der Waals surface area (Å²) in [4.78, 5) is 19.0. The van der Waals surface area contributed by atoms with E-state index >= 15 is 0 Å². The number of carbonyl (C=O) groups is 1. The molecule has 1 amide bonds. The first-order chi connectivity index (χ1) is 17.1. The summed E-state index contributed by atoms with van der Waals surface area (Å²) >= 11 is 0. The van der Waals surface area contributed by atoms with Gasteiger partial charge in [-0.25, -0.2) is 4.98 Å². The molecule has 3 aliphatic rings. The summed E-state index contributed by atoms with van der Waals surface area (Å²) in [5.74, 6) is 6.16. The minimum Gasteiger partial charge on any atom is -0.434 e. The van der Waals surface area contributed by atoms with Crippen molar-refractivity contribution >= 4 is 16.9 Å². The number of alkyl halides is 2. The van der Waals surface area contributed by atoms with Gasteiger partial charge >= 0.3 is 6.61 Å². The molecule has 1 saturated carbocycles. The lowest BCUT2D eigenvalue weighted by molar-refractivity contribution is -0.0507. The predicted molar refractivity (Wildman–Crippen MR) is 118 cm³/mol. The lowest BCUT2D eigenvalue weighted by atomic mass is 9.81. The van der Waals surface area contributed by atoms with Crippen LogP contribution in [0.3, 0.4) is 0 Å². The molecule has 0 spiro atoms. The quantitative estimate of drug-likeness (QED) is 0.601. The third-order valence-electron chi connectivity index (χ3n) is 6.74. The summed E-state index contributed by atoms with van der Waals surface area (Å²) in [5, 5.41) is 0. The van der Waals surface area contributed by atoms with Gasteiger partial charge in [0.15, 0.2) is 0 Å². The van der Waals surface area contributed by atoms with Crippen LogP contribution in [0.4, 0.5) is 8.78 Å². The van der Waals surface area contributed by atoms with Crippen LogP contribution in [0.15, 0.2) is 36.4 Å². The molecule has 6 rings (SSSR count). The lowest BCUT2D eigenvalue weighted by Crippen LogP contribution is -2.35. The summed E-state index contributed by atoms with van der Waals surface area (Å²) in [6.07, 6.45) is 1.91. The van der Waals surface area contributed by atoms with Gasteiger partial charge in [-0.15, -0.1) is 0 Å². The molecule has 168 valence electrons. The number of halogens is 2. The van der Waals surface area contributed by atoms with Gasteiger partial charge in [-0.3, -0.25) is 4.79 Å². The van der Waals surface area contributed by atoms with Gasteiger partial charge in [0.1, 0.15) is 11.6 Å². The Labute approximate surface area is 193 Å². The van der Waals surface area contributed by atoms with Crippen molar-refractivity contribution in [3.8, 4) is 17.6 Å². The van der Waals surface area contributed by atoms with Crippen LogP contribution in [0.25, 0.3) is 11.0 Å². The van der Waals surface area contributed by atoms with Crippen LogP contribution in [0.2, 0.25) is 0 Å². The summed E-state index contributed by atoms with van der Waals surface area (Å²) in [7, 11) is 0. The first kappa shape index (κ1) is 17.1. The molecule has 3 heterocycles. The van der Waals surface area contributed by atoms with E-state index in [4.69, 9.17) is 14.6 Å². The van der Waals surface area contributed by atoms with Crippen LogP contribution < -0.4 is 10.5 Å². The van der Waals surface area contributed by atoms with Crippen molar-refractivity contribution in [2.24, 2.45) is 11.7 Å². The largest absolute Gasteiger partial charge is 0.434 e. The molecule has 8 heteroatoms.